The fraction of sp³-hybridized carbons (Fsp3) is 0.562. The summed E-state index contributed by atoms with van der Waals surface area (Å²) in [4.78, 5) is 12.4. The predicted octanol–water partition coefficient (Wildman–Crippen LogP) is 4.75. The molecule has 19 heavy (non-hydrogen) atoms. The van der Waals surface area contributed by atoms with Crippen LogP contribution >= 0.6 is 15.9 Å². The van der Waals surface area contributed by atoms with E-state index in [9.17, 15) is 4.79 Å². The average Bonchev–Trinajstić information content (AvgIpc) is 2.54. The third-order valence-corrected chi connectivity index (χ3v) is 4.97. The van der Waals surface area contributed by atoms with Crippen molar-refractivity contribution >= 4 is 21.7 Å². The molecule has 0 radical (unpaired) electrons. The van der Waals surface area contributed by atoms with Crippen molar-refractivity contribution in [1.82, 2.24) is 0 Å². The summed E-state index contributed by atoms with van der Waals surface area (Å²) < 4.78 is 7.21. The quantitative estimate of drug-likeness (QED) is 0.688. The Morgan fingerprint density at radius 2 is 2.16 bits per heavy atom. The zero-order valence-electron chi connectivity index (χ0n) is 11.2. The summed E-state index contributed by atoms with van der Waals surface area (Å²) in [5, 5.41) is 0. The molecule has 1 aromatic carbocycles. The van der Waals surface area contributed by atoms with E-state index < -0.39 is 0 Å². The monoisotopic (exact) mass is 322 g/mol. The van der Waals surface area contributed by atoms with Crippen molar-refractivity contribution in [1.29, 1.82) is 0 Å². The SMILES string of the molecule is CC1CCCC2(CC1)CC(=O)c1cc(Br)ccc1O2. The van der Waals surface area contributed by atoms with Crippen LogP contribution < -0.4 is 4.74 Å². The number of halogens is 1. The number of fused-ring (bicyclic) bond motifs is 1. The normalized spacial score (nSPS) is 30.6. The van der Waals surface area contributed by atoms with Gasteiger partial charge in [0.25, 0.3) is 0 Å². The molecule has 1 heterocycles. The maximum Gasteiger partial charge on any atom is 0.170 e. The van der Waals surface area contributed by atoms with Crippen LogP contribution in [0.3, 0.4) is 0 Å². The van der Waals surface area contributed by atoms with Crippen molar-refractivity contribution in [3.63, 3.8) is 0 Å². The molecule has 0 amide bonds. The van der Waals surface area contributed by atoms with Crippen LogP contribution in [-0.4, -0.2) is 11.4 Å². The van der Waals surface area contributed by atoms with Crippen LogP contribution in [0.2, 0.25) is 0 Å². The zero-order chi connectivity index (χ0) is 13.5. The largest absolute Gasteiger partial charge is 0.486 e. The number of hydrogen-bond acceptors (Lipinski definition) is 2. The lowest BCUT2D eigenvalue weighted by Crippen LogP contribution is -2.41. The number of rotatable bonds is 0. The van der Waals surface area contributed by atoms with Crippen molar-refractivity contribution in [2.45, 2.75) is 51.0 Å². The highest BCUT2D eigenvalue weighted by Crippen LogP contribution is 2.42. The van der Waals surface area contributed by atoms with Crippen molar-refractivity contribution in [2.75, 3.05) is 0 Å². The molecule has 2 atom stereocenters. The fourth-order valence-electron chi connectivity index (χ4n) is 3.30. The van der Waals surface area contributed by atoms with Gasteiger partial charge in [0.2, 0.25) is 0 Å². The standard InChI is InChI=1S/C16H19BrO2/c1-11-3-2-7-16(8-6-11)10-14(18)13-9-12(17)4-5-15(13)19-16/h4-5,9,11H,2-3,6-8,10H2,1H3. The summed E-state index contributed by atoms with van der Waals surface area (Å²) in [7, 11) is 0. The Morgan fingerprint density at radius 1 is 1.32 bits per heavy atom. The molecule has 1 aromatic rings. The van der Waals surface area contributed by atoms with E-state index in [1.165, 1.54) is 19.3 Å². The van der Waals surface area contributed by atoms with Gasteiger partial charge in [-0.1, -0.05) is 29.3 Å². The third-order valence-electron chi connectivity index (χ3n) is 4.47. The molecule has 0 bridgehead atoms. The number of carbonyl (C=O) groups excluding carboxylic acids is 1. The second kappa shape index (κ2) is 4.93. The Hall–Kier alpha value is -0.830. The molecule has 1 fully saturated rings. The molecule has 0 aromatic heterocycles. The minimum Gasteiger partial charge on any atom is -0.486 e. The molecule has 0 N–H and O–H groups in total. The summed E-state index contributed by atoms with van der Waals surface area (Å²) in [6, 6.07) is 5.75. The molecule has 3 heteroatoms. The smallest absolute Gasteiger partial charge is 0.170 e. The van der Waals surface area contributed by atoms with Crippen LogP contribution in [0, 0.1) is 5.92 Å². The van der Waals surface area contributed by atoms with Gasteiger partial charge < -0.3 is 4.74 Å². The predicted molar refractivity (Wildman–Crippen MR) is 78.7 cm³/mol. The Kier molecular flexibility index (Phi) is 3.42. The van der Waals surface area contributed by atoms with Gasteiger partial charge in [0.1, 0.15) is 11.4 Å². The van der Waals surface area contributed by atoms with Gasteiger partial charge in [0, 0.05) is 4.47 Å². The van der Waals surface area contributed by atoms with Crippen LogP contribution in [0.4, 0.5) is 0 Å². The van der Waals surface area contributed by atoms with E-state index in [4.69, 9.17) is 4.74 Å². The minimum atomic E-state index is -0.233. The first-order valence-corrected chi connectivity index (χ1v) is 7.89. The summed E-state index contributed by atoms with van der Waals surface area (Å²) >= 11 is 3.42. The molecular formula is C16H19BrO2. The van der Waals surface area contributed by atoms with Crippen molar-refractivity contribution in [3.05, 3.63) is 28.2 Å². The van der Waals surface area contributed by atoms with E-state index in [1.807, 2.05) is 18.2 Å². The molecular weight excluding hydrogens is 304 g/mol. The number of hydrogen-bond donors (Lipinski definition) is 0. The van der Waals surface area contributed by atoms with Crippen LogP contribution in [-0.2, 0) is 0 Å². The fourth-order valence-corrected chi connectivity index (χ4v) is 3.66. The maximum atomic E-state index is 12.4. The maximum absolute atomic E-state index is 12.4. The topological polar surface area (TPSA) is 26.3 Å². The lowest BCUT2D eigenvalue weighted by molar-refractivity contribution is 0.0291. The lowest BCUT2D eigenvalue weighted by atomic mass is 9.84. The first-order chi connectivity index (χ1) is 9.08. The van der Waals surface area contributed by atoms with E-state index >= 15 is 0 Å². The van der Waals surface area contributed by atoms with Crippen LogP contribution in [0.25, 0.3) is 0 Å². The van der Waals surface area contributed by atoms with Gasteiger partial charge in [-0.15, -0.1) is 0 Å². The molecule has 0 saturated heterocycles. The van der Waals surface area contributed by atoms with Gasteiger partial charge in [0.05, 0.1) is 12.0 Å². The highest BCUT2D eigenvalue weighted by molar-refractivity contribution is 9.10. The van der Waals surface area contributed by atoms with Gasteiger partial charge in [0.15, 0.2) is 5.78 Å². The number of ketones is 1. The lowest BCUT2D eigenvalue weighted by Gasteiger charge is -2.37. The molecule has 3 rings (SSSR count). The number of Topliss-reactive ketones (excluding diaryl/α,β-unsaturated/α-hetero) is 1. The summed E-state index contributed by atoms with van der Waals surface area (Å²) in [6.45, 7) is 2.30. The second-order valence-corrected chi connectivity index (χ2v) is 6.98. The van der Waals surface area contributed by atoms with Crippen molar-refractivity contribution in [3.8, 4) is 5.75 Å². The van der Waals surface area contributed by atoms with Gasteiger partial charge in [-0.25, -0.2) is 0 Å². The van der Waals surface area contributed by atoms with E-state index in [0.29, 0.717) is 6.42 Å². The Bertz CT molecular complexity index is 511. The van der Waals surface area contributed by atoms with Crippen LogP contribution in [0.15, 0.2) is 22.7 Å². The third kappa shape index (κ3) is 2.58. The Balaban J connectivity index is 1.91. The highest BCUT2D eigenvalue weighted by atomic mass is 79.9. The van der Waals surface area contributed by atoms with E-state index in [-0.39, 0.29) is 11.4 Å². The molecule has 2 aliphatic rings. The van der Waals surface area contributed by atoms with Crippen molar-refractivity contribution < 1.29 is 9.53 Å². The average molecular weight is 323 g/mol. The zero-order valence-corrected chi connectivity index (χ0v) is 12.8. The van der Waals surface area contributed by atoms with E-state index in [2.05, 4.69) is 22.9 Å². The van der Waals surface area contributed by atoms with E-state index in [1.54, 1.807) is 0 Å². The number of carbonyl (C=O) groups is 1. The van der Waals surface area contributed by atoms with Gasteiger partial charge in [-0.2, -0.15) is 0 Å². The van der Waals surface area contributed by atoms with Gasteiger partial charge in [-0.05, 0) is 49.8 Å². The summed E-state index contributed by atoms with van der Waals surface area (Å²) in [5.41, 5.74) is 0.500. The van der Waals surface area contributed by atoms with Crippen LogP contribution in [0.5, 0.6) is 5.75 Å². The number of benzene rings is 1. The Labute approximate surface area is 122 Å². The number of ether oxygens (including phenoxy) is 1. The molecule has 1 saturated carbocycles. The first kappa shape index (κ1) is 13.2. The molecule has 102 valence electrons. The van der Waals surface area contributed by atoms with Crippen molar-refractivity contribution in [2.24, 2.45) is 5.92 Å². The summed E-state index contributed by atoms with van der Waals surface area (Å²) in [6.07, 6.45) is 6.16. The van der Waals surface area contributed by atoms with Crippen LogP contribution in [0.1, 0.15) is 55.8 Å². The molecule has 1 aliphatic carbocycles. The Morgan fingerprint density at radius 3 is 3.00 bits per heavy atom. The first-order valence-electron chi connectivity index (χ1n) is 7.10. The molecule has 1 aliphatic heterocycles. The molecule has 2 unspecified atom stereocenters. The van der Waals surface area contributed by atoms with Gasteiger partial charge >= 0.3 is 0 Å². The summed E-state index contributed by atoms with van der Waals surface area (Å²) in [5.74, 6) is 1.76. The highest BCUT2D eigenvalue weighted by Gasteiger charge is 2.41. The van der Waals surface area contributed by atoms with E-state index in [0.717, 1.165) is 34.5 Å². The molecule has 1 spiro atoms. The van der Waals surface area contributed by atoms with Gasteiger partial charge in [-0.3, -0.25) is 4.79 Å². The second-order valence-electron chi connectivity index (χ2n) is 6.06. The minimum absolute atomic E-state index is 0.233. The molecule has 2 nitrogen and oxygen atoms in total.